The average Bonchev–Trinajstić information content (AvgIpc) is 2.53. The Bertz CT molecular complexity index is 572. The Morgan fingerprint density at radius 1 is 1.27 bits per heavy atom. The zero-order valence-electron chi connectivity index (χ0n) is 13.0. The van der Waals surface area contributed by atoms with Gasteiger partial charge in [-0.1, -0.05) is 6.92 Å². The van der Waals surface area contributed by atoms with E-state index in [9.17, 15) is 14.7 Å². The minimum absolute atomic E-state index is 0.289. The molecule has 2 atom stereocenters. The van der Waals surface area contributed by atoms with Crippen molar-refractivity contribution in [3.8, 4) is 11.5 Å². The average molecular weight is 307 g/mol. The topological polar surface area (TPSA) is 76.1 Å². The van der Waals surface area contributed by atoms with E-state index in [0.717, 1.165) is 6.42 Å². The molecule has 1 aliphatic rings. The number of methoxy groups -OCH3 is 2. The molecule has 0 saturated carbocycles. The van der Waals surface area contributed by atoms with Crippen LogP contribution in [0.25, 0.3) is 0 Å². The van der Waals surface area contributed by atoms with E-state index < -0.39 is 12.0 Å². The molecule has 120 valence electrons. The number of hydrogen-bond donors (Lipinski definition) is 1. The lowest BCUT2D eigenvalue weighted by molar-refractivity contribution is -0.144. The predicted octanol–water partition coefficient (Wildman–Crippen LogP) is 2.03. The van der Waals surface area contributed by atoms with Crippen molar-refractivity contribution < 1.29 is 24.2 Å². The summed E-state index contributed by atoms with van der Waals surface area (Å²) in [7, 11) is 2.99. The van der Waals surface area contributed by atoms with Crippen molar-refractivity contribution in [2.75, 3.05) is 20.8 Å². The molecule has 1 saturated heterocycles. The molecule has 22 heavy (non-hydrogen) atoms. The number of hydrogen-bond acceptors (Lipinski definition) is 4. The summed E-state index contributed by atoms with van der Waals surface area (Å²) in [6.07, 6.45) is 1.26. The van der Waals surface area contributed by atoms with Gasteiger partial charge in [-0.2, -0.15) is 0 Å². The van der Waals surface area contributed by atoms with Crippen molar-refractivity contribution in [3.05, 3.63) is 23.8 Å². The number of carbonyl (C=O) groups is 2. The van der Waals surface area contributed by atoms with Crippen LogP contribution in [0.15, 0.2) is 18.2 Å². The van der Waals surface area contributed by atoms with Crippen molar-refractivity contribution in [2.24, 2.45) is 5.92 Å². The van der Waals surface area contributed by atoms with E-state index in [0.29, 0.717) is 30.0 Å². The fourth-order valence-electron chi connectivity index (χ4n) is 2.75. The first kappa shape index (κ1) is 16.1. The van der Waals surface area contributed by atoms with Crippen molar-refractivity contribution in [2.45, 2.75) is 25.8 Å². The van der Waals surface area contributed by atoms with E-state index in [1.165, 1.54) is 19.1 Å². The first-order valence-electron chi connectivity index (χ1n) is 7.23. The van der Waals surface area contributed by atoms with Crippen molar-refractivity contribution in [3.63, 3.8) is 0 Å². The number of likely N-dealkylation sites (tertiary alicyclic amines) is 1. The van der Waals surface area contributed by atoms with Crippen molar-refractivity contribution >= 4 is 11.9 Å². The maximum Gasteiger partial charge on any atom is 0.326 e. The van der Waals surface area contributed by atoms with Gasteiger partial charge < -0.3 is 19.5 Å². The quantitative estimate of drug-likeness (QED) is 0.921. The molecule has 1 N–H and O–H groups in total. The van der Waals surface area contributed by atoms with Gasteiger partial charge in [-0.15, -0.1) is 0 Å². The van der Waals surface area contributed by atoms with Crippen LogP contribution >= 0.6 is 0 Å². The van der Waals surface area contributed by atoms with Crippen LogP contribution in [0.3, 0.4) is 0 Å². The molecule has 0 aromatic heterocycles. The molecule has 1 aromatic carbocycles. The van der Waals surface area contributed by atoms with Crippen LogP contribution in [0.1, 0.15) is 30.1 Å². The number of aliphatic carboxylic acids is 1. The Kier molecular flexibility index (Phi) is 4.90. The molecule has 1 fully saturated rings. The molecule has 1 amide bonds. The third-order valence-electron chi connectivity index (χ3n) is 4.05. The smallest absolute Gasteiger partial charge is 0.326 e. The number of amides is 1. The molecule has 0 aliphatic carbocycles. The molecular weight excluding hydrogens is 286 g/mol. The fourth-order valence-corrected chi connectivity index (χ4v) is 2.75. The number of benzene rings is 1. The van der Waals surface area contributed by atoms with Crippen LogP contribution < -0.4 is 9.47 Å². The summed E-state index contributed by atoms with van der Waals surface area (Å²) in [5.74, 6) is -0.0795. The second-order valence-electron chi connectivity index (χ2n) is 5.55. The molecule has 6 heteroatoms. The van der Waals surface area contributed by atoms with E-state index >= 15 is 0 Å². The Balaban J connectivity index is 2.35. The monoisotopic (exact) mass is 307 g/mol. The van der Waals surface area contributed by atoms with E-state index in [1.807, 2.05) is 6.92 Å². The zero-order valence-corrected chi connectivity index (χ0v) is 13.0. The van der Waals surface area contributed by atoms with Gasteiger partial charge >= 0.3 is 5.97 Å². The SMILES string of the molecule is COc1ccc(OC)c(C(=O)N2CCC(C)CC2C(=O)O)c1. The lowest BCUT2D eigenvalue weighted by atomic mass is 9.91. The summed E-state index contributed by atoms with van der Waals surface area (Å²) in [6, 6.07) is 4.13. The zero-order chi connectivity index (χ0) is 16.3. The summed E-state index contributed by atoms with van der Waals surface area (Å²) in [5, 5.41) is 9.40. The van der Waals surface area contributed by atoms with Crippen LogP contribution in [0.4, 0.5) is 0 Å². The molecule has 0 bridgehead atoms. The molecule has 2 unspecified atom stereocenters. The number of carbonyl (C=O) groups excluding carboxylic acids is 1. The number of nitrogens with zero attached hydrogens (tertiary/aromatic N) is 1. The molecular formula is C16H21NO5. The highest BCUT2D eigenvalue weighted by Crippen LogP contribution is 2.29. The van der Waals surface area contributed by atoms with Crippen LogP contribution in [-0.2, 0) is 4.79 Å². The van der Waals surface area contributed by atoms with Gasteiger partial charge in [0.15, 0.2) is 0 Å². The highest BCUT2D eigenvalue weighted by molar-refractivity contribution is 5.99. The van der Waals surface area contributed by atoms with Crippen LogP contribution in [-0.4, -0.2) is 48.7 Å². The summed E-state index contributed by atoms with van der Waals surface area (Å²) in [4.78, 5) is 25.7. The molecule has 1 aromatic rings. The number of carboxylic acid groups (broad SMARTS) is 1. The largest absolute Gasteiger partial charge is 0.497 e. The highest BCUT2D eigenvalue weighted by Gasteiger charge is 2.36. The van der Waals surface area contributed by atoms with Crippen LogP contribution in [0.5, 0.6) is 11.5 Å². The molecule has 2 rings (SSSR count). The Morgan fingerprint density at radius 3 is 2.59 bits per heavy atom. The summed E-state index contributed by atoms with van der Waals surface area (Å²) in [6.45, 7) is 2.43. The minimum Gasteiger partial charge on any atom is -0.497 e. The Labute approximate surface area is 129 Å². The first-order chi connectivity index (χ1) is 10.5. The maximum atomic E-state index is 12.8. The summed E-state index contributed by atoms with van der Waals surface area (Å²) in [5.41, 5.74) is 0.322. The maximum absolute atomic E-state index is 12.8. The summed E-state index contributed by atoms with van der Waals surface area (Å²) < 4.78 is 10.4. The van der Waals surface area contributed by atoms with Gasteiger partial charge in [0, 0.05) is 6.54 Å². The summed E-state index contributed by atoms with van der Waals surface area (Å²) >= 11 is 0. The predicted molar refractivity (Wildman–Crippen MR) is 80.4 cm³/mol. The van der Waals surface area contributed by atoms with E-state index in [1.54, 1.807) is 18.2 Å². The standard InChI is InChI=1S/C16H21NO5/c1-10-6-7-17(13(8-10)16(19)20)15(18)12-9-11(21-2)4-5-14(12)22-3/h4-5,9-10,13H,6-8H2,1-3H3,(H,19,20). The van der Waals surface area contributed by atoms with Crippen molar-refractivity contribution in [1.29, 1.82) is 0 Å². The molecule has 0 radical (unpaired) electrons. The molecule has 1 aliphatic heterocycles. The van der Waals surface area contributed by atoms with E-state index in [-0.39, 0.29) is 11.8 Å². The lowest BCUT2D eigenvalue weighted by Crippen LogP contribution is -2.49. The molecule has 1 heterocycles. The van der Waals surface area contributed by atoms with E-state index in [2.05, 4.69) is 0 Å². The highest BCUT2D eigenvalue weighted by atomic mass is 16.5. The number of ether oxygens (including phenoxy) is 2. The van der Waals surface area contributed by atoms with Gasteiger partial charge in [0.1, 0.15) is 17.5 Å². The van der Waals surface area contributed by atoms with Gasteiger partial charge in [-0.25, -0.2) is 4.79 Å². The van der Waals surface area contributed by atoms with Crippen LogP contribution in [0, 0.1) is 5.92 Å². The van der Waals surface area contributed by atoms with Gasteiger partial charge in [0.2, 0.25) is 0 Å². The van der Waals surface area contributed by atoms with Gasteiger partial charge in [0.25, 0.3) is 5.91 Å². The Hall–Kier alpha value is -2.24. The second kappa shape index (κ2) is 6.68. The van der Waals surface area contributed by atoms with Gasteiger partial charge in [-0.3, -0.25) is 4.79 Å². The fraction of sp³-hybridized carbons (Fsp3) is 0.500. The Morgan fingerprint density at radius 2 is 2.00 bits per heavy atom. The lowest BCUT2D eigenvalue weighted by Gasteiger charge is -2.36. The number of piperidine rings is 1. The third kappa shape index (κ3) is 3.16. The van der Waals surface area contributed by atoms with Gasteiger partial charge in [0.05, 0.1) is 19.8 Å². The second-order valence-corrected chi connectivity index (χ2v) is 5.55. The molecule has 0 spiro atoms. The van der Waals surface area contributed by atoms with Gasteiger partial charge in [-0.05, 0) is 37.0 Å². The normalized spacial score (nSPS) is 21.3. The van der Waals surface area contributed by atoms with E-state index in [4.69, 9.17) is 9.47 Å². The first-order valence-corrected chi connectivity index (χ1v) is 7.23. The number of rotatable bonds is 4. The van der Waals surface area contributed by atoms with Crippen LogP contribution in [0.2, 0.25) is 0 Å². The van der Waals surface area contributed by atoms with Crippen molar-refractivity contribution in [1.82, 2.24) is 4.90 Å². The molecule has 6 nitrogen and oxygen atoms in total. The number of carboxylic acids is 1. The minimum atomic E-state index is -0.971. The third-order valence-corrected chi connectivity index (χ3v) is 4.05.